The summed E-state index contributed by atoms with van der Waals surface area (Å²) in [6.45, 7) is 6.10. The Morgan fingerprint density at radius 2 is 1.77 bits per heavy atom. The van der Waals surface area contributed by atoms with Crippen molar-refractivity contribution in [2.75, 3.05) is 0 Å². The number of rotatable bonds is 6. The van der Waals surface area contributed by atoms with Gasteiger partial charge in [0.25, 0.3) is 5.56 Å². The van der Waals surface area contributed by atoms with Crippen LogP contribution in [0.2, 0.25) is 5.02 Å². The van der Waals surface area contributed by atoms with Gasteiger partial charge < -0.3 is 9.84 Å². The summed E-state index contributed by atoms with van der Waals surface area (Å²) in [5.41, 5.74) is -2.25. The Bertz CT molecular complexity index is 1660. The molecular weight excluding hydrogens is 530 g/mol. The van der Waals surface area contributed by atoms with Crippen LogP contribution >= 0.6 is 11.6 Å². The van der Waals surface area contributed by atoms with Crippen LogP contribution in [-0.2, 0) is 11.0 Å². The van der Waals surface area contributed by atoms with Gasteiger partial charge in [-0.1, -0.05) is 17.7 Å². The summed E-state index contributed by atoms with van der Waals surface area (Å²) in [4.78, 5) is 25.4. The van der Waals surface area contributed by atoms with Crippen LogP contribution in [0.15, 0.2) is 47.5 Å². The zero-order chi connectivity index (χ0) is 28.9. The summed E-state index contributed by atoms with van der Waals surface area (Å²) in [5.74, 6) is -3.34. The van der Waals surface area contributed by atoms with Crippen molar-refractivity contribution in [3.63, 3.8) is 0 Å². The molecule has 7 nitrogen and oxygen atoms in total. The molecule has 0 unspecified atom stereocenters. The number of aromatic nitrogens is 4. The molecule has 0 aromatic carbocycles. The molecule has 0 fully saturated rings. The quantitative estimate of drug-likeness (QED) is 0.363. The smallest absolute Gasteiger partial charge is 0.278 e. The van der Waals surface area contributed by atoms with E-state index in [9.17, 15) is 18.7 Å². The highest BCUT2D eigenvalue weighted by Gasteiger charge is 2.30. The molecule has 0 saturated heterocycles. The predicted molar refractivity (Wildman–Crippen MR) is 141 cm³/mol. The summed E-state index contributed by atoms with van der Waals surface area (Å²) >= 11 is 6.29. The van der Waals surface area contributed by atoms with Crippen LogP contribution in [0, 0.1) is 31.3 Å². The first kappa shape index (κ1) is 28.4. The minimum Gasteiger partial charge on any atom is -0.499 e. The SMILES string of the molecule is [B]C([B])(Oc1cc(C)n(-c2c(C)cnc(-c3cccc(C(C)(C)O)n3)c2F)c(=O)c1Cl)c1ncc(F)cc1F. The maximum atomic E-state index is 16.0. The van der Waals surface area contributed by atoms with E-state index in [1.54, 1.807) is 19.1 Å². The first-order valence-electron chi connectivity index (χ1n) is 11.5. The summed E-state index contributed by atoms with van der Waals surface area (Å²) in [6.07, 6.45) is 2.06. The molecule has 1 N–H and O–H groups in total. The van der Waals surface area contributed by atoms with Crippen molar-refractivity contribution >= 4 is 27.3 Å². The monoisotopic (exact) mass is 550 g/mol. The van der Waals surface area contributed by atoms with Gasteiger partial charge >= 0.3 is 0 Å². The average molecular weight is 551 g/mol. The molecule has 196 valence electrons. The van der Waals surface area contributed by atoms with Gasteiger partial charge in [-0.3, -0.25) is 19.3 Å². The van der Waals surface area contributed by atoms with Crippen LogP contribution in [0.4, 0.5) is 13.2 Å². The Balaban J connectivity index is 1.83. The van der Waals surface area contributed by atoms with Crippen molar-refractivity contribution in [2.24, 2.45) is 0 Å². The van der Waals surface area contributed by atoms with Crippen LogP contribution in [-0.4, -0.2) is 40.3 Å². The maximum absolute atomic E-state index is 16.0. The second-order valence-electron chi connectivity index (χ2n) is 9.40. The van der Waals surface area contributed by atoms with Crippen molar-refractivity contribution < 1.29 is 23.0 Å². The zero-order valence-corrected chi connectivity index (χ0v) is 22.0. The summed E-state index contributed by atoms with van der Waals surface area (Å²) in [6, 6.07) is 6.48. The second-order valence-corrected chi connectivity index (χ2v) is 9.78. The van der Waals surface area contributed by atoms with E-state index in [1.165, 1.54) is 39.1 Å². The van der Waals surface area contributed by atoms with Crippen molar-refractivity contribution in [3.05, 3.63) is 98.2 Å². The van der Waals surface area contributed by atoms with Crippen molar-refractivity contribution in [1.82, 2.24) is 19.5 Å². The molecule has 4 radical (unpaired) electrons. The minimum atomic E-state index is -2.44. The third-order valence-corrected chi connectivity index (χ3v) is 6.12. The van der Waals surface area contributed by atoms with Crippen LogP contribution in [0.1, 0.15) is 36.5 Å². The van der Waals surface area contributed by atoms with E-state index in [2.05, 4.69) is 15.0 Å². The zero-order valence-electron chi connectivity index (χ0n) is 21.3. The van der Waals surface area contributed by atoms with Gasteiger partial charge in [0, 0.05) is 24.0 Å². The lowest BCUT2D eigenvalue weighted by Gasteiger charge is -2.28. The largest absolute Gasteiger partial charge is 0.499 e. The van der Waals surface area contributed by atoms with E-state index >= 15 is 4.39 Å². The number of aliphatic hydroxyl groups is 1. The lowest BCUT2D eigenvalue weighted by atomic mass is 9.62. The standard InChI is InChI=1S/C26H20B2ClF3N4O3/c1-12-10-33-21(16-6-5-7-18(35-16)25(3,4)38)20(32)22(12)36-13(2)8-17(19(29)24(36)37)39-26(27,28)23-15(31)9-14(30)11-34-23/h5-11,38H,1-4H3. The highest BCUT2D eigenvalue weighted by molar-refractivity contribution is 6.39. The van der Waals surface area contributed by atoms with Crippen molar-refractivity contribution in [3.8, 4) is 22.8 Å². The number of hydrogen-bond donors (Lipinski definition) is 1. The minimum absolute atomic E-state index is 0.134. The molecule has 0 amide bonds. The van der Waals surface area contributed by atoms with Crippen molar-refractivity contribution in [2.45, 2.75) is 38.7 Å². The Labute approximate surface area is 229 Å². The number of pyridine rings is 4. The third-order valence-electron chi connectivity index (χ3n) is 5.78. The van der Waals surface area contributed by atoms with Crippen molar-refractivity contribution in [1.29, 1.82) is 0 Å². The van der Waals surface area contributed by atoms with Crippen LogP contribution < -0.4 is 10.3 Å². The molecule has 0 aliphatic carbocycles. The number of halogens is 4. The van der Waals surface area contributed by atoms with E-state index in [0.29, 0.717) is 23.5 Å². The van der Waals surface area contributed by atoms with Gasteiger partial charge in [-0.25, -0.2) is 18.2 Å². The topological polar surface area (TPSA) is 90.1 Å². The highest BCUT2D eigenvalue weighted by atomic mass is 35.5. The summed E-state index contributed by atoms with van der Waals surface area (Å²) in [5, 5.41) is 7.33. The molecular formula is C26H20B2ClF3N4O3. The number of nitrogens with zero attached hydrogens (tertiary/aromatic N) is 4. The fraction of sp³-hybridized carbons (Fsp3) is 0.231. The molecule has 0 saturated carbocycles. The van der Waals surface area contributed by atoms with Gasteiger partial charge in [0.1, 0.15) is 55.1 Å². The molecule has 0 atom stereocenters. The van der Waals surface area contributed by atoms with E-state index < -0.39 is 44.7 Å². The van der Waals surface area contributed by atoms with Crippen LogP contribution in [0.25, 0.3) is 17.1 Å². The fourth-order valence-corrected chi connectivity index (χ4v) is 4.07. The average Bonchev–Trinajstić information content (AvgIpc) is 2.83. The lowest BCUT2D eigenvalue weighted by Crippen LogP contribution is -2.37. The molecule has 4 aromatic heterocycles. The first-order chi connectivity index (χ1) is 18.1. The molecule has 0 spiro atoms. The Morgan fingerprint density at radius 1 is 1.08 bits per heavy atom. The third kappa shape index (κ3) is 5.44. The van der Waals surface area contributed by atoms with E-state index in [1.807, 2.05) is 0 Å². The Morgan fingerprint density at radius 3 is 2.41 bits per heavy atom. The summed E-state index contributed by atoms with van der Waals surface area (Å²) < 4.78 is 49.9. The van der Waals surface area contributed by atoms with E-state index in [0.717, 1.165) is 4.57 Å². The fourth-order valence-electron chi connectivity index (χ4n) is 3.89. The Kier molecular flexibility index (Phi) is 7.39. The van der Waals surface area contributed by atoms with Crippen LogP contribution in [0.5, 0.6) is 5.75 Å². The number of aryl methyl sites for hydroxylation is 2. The molecule has 4 aromatic rings. The van der Waals surface area contributed by atoms with Gasteiger partial charge in [-0.05, 0) is 45.4 Å². The van der Waals surface area contributed by atoms with Gasteiger partial charge in [0.15, 0.2) is 5.82 Å². The molecule has 4 heterocycles. The maximum Gasteiger partial charge on any atom is 0.278 e. The van der Waals surface area contributed by atoms with Gasteiger partial charge in [-0.15, -0.1) is 0 Å². The van der Waals surface area contributed by atoms with Gasteiger partial charge in [0.05, 0.1) is 28.7 Å². The molecule has 4 rings (SSSR count). The number of ether oxygens (including phenoxy) is 1. The molecule has 39 heavy (non-hydrogen) atoms. The predicted octanol–water partition coefficient (Wildman–Crippen LogP) is 4.13. The molecule has 13 heteroatoms. The molecule has 0 aliphatic heterocycles. The van der Waals surface area contributed by atoms with Crippen LogP contribution in [0.3, 0.4) is 0 Å². The first-order valence-corrected chi connectivity index (χ1v) is 11.9. The molecule has 0 bridgehead atoms. The Hall–Kier alpha value is -3.63. The van der Waals surface area contributed by atoms with E-state index in [4.69, 9.17) is 32.0 Å². The number of hydrogen-bond acceptors (Lipinski definition) is 6. The van der Waals surface area contributed by atoms with Gasteiger partial charge in [-0.2, -0.15) is 0 Å². The summed E-state index contributed by atoms with van der Waals surface area (Å²) in [7, 11) is 11.8. The second kappa shape index (κ2) is 10.2. The van der Waals surface area contributed by atoms with Gasteiger partial charge in [0.2, 0.25) is 0 Å². The lowest BCUT2D eigenvalue weighted by molar-refractivity contribution is 0.0739. The van der Waals surface area contributed by atoms with E-state index in [-0.39, 0.29) is 28.5 Å². The highest BCUT2D eigenvalue weighted by Crippen LogP contribution is 2.32. The normalized spacial score (nSPS) is 12.0. The molecule has 0 aliphatic rings.